The van der Waals surface area contributed by atoms with Gasteiger partial charge in [0.25, 0.3) is 23.6 Å². The fourth-order valence-electron chi connectivity index (χ4n) is 11.6. The van der Waals surface area contributed by atoms with E-state index in [1.807, 2.05) is 93.6 Å². The molecule has 490 valence electrons. The zero-order valence-electron chi connectivity index (χ0n) is 54.0. The molecule has 7 heterocycles. The quantitative estimate of drug-likeness (QED) is 0.0974. The Labute approximate surface area is 532 Å². The number of hydrogen-bond acceptors (Lipinski definition) is 17. The molecule has 6 amide bonds. The molecule has 6 N–H and O–H groups in total. The second kappa shape index (κ2) is 31.4. The first-order chi connectivity index (χ1) is 43.3. The van der Waals surface area contributed by atoms with Crippen LogP contribution in [0, 0.1) is 23.7 Å². The molecule has 5 aliphatic rings. The van der Waals surface area contributed by atoms with Crippen molar-refractivity contribution in [2.45, 2.75) is 188 Å². The van der Waals surface area contributed by atoms with E-state index in [2.05, 4.69) is 42.1 Å². The SMILES string of the molecule is CC(=O)CC[C@@H]1C/C=C/c2cc3cc(ccc3cn2)[C@@H](C)NC(=O)[C@@H]2CCCN(N2)C(=O)[C@H](C)NC(=O)[C@H](C(C)C)OC1=O.CC(C)[C@@H]1OC(=O)[C@H](CCC2(C)OCCO2)C/C=C/c2cc3cc(ccc3cn2)[C@@H](C)NC(=O)[C@@H]2CCCN(N2)C(=O)[C@H](C)NC1=O. The number of Topliss-reactive ketones (excluding diaryl/α,β-unsaturated/α-hetero) is 1. The first-order valence-corrected chi connectivity index (χ1v) is 32.0. The van der Waals surface area contributed by atoms with Crippen LogP contribution in [0.25, 0.3) is 33.7 Å². The van der Waals surface area contributed by atoms with Crippen LogP contribution in [0.2, 0.25) is 0 Å². The lowest BCUT2D eigenvalue weighted by Gasteiger charge is -2.35. The number of cyclic esters (lactones) is 2. The smallest absolute Gasteiger partial charge is 0.310 e. The summed E-state index contributed by atoms with van der Waals surface area (Å²) in [6.07, 6.45) is 13.1. The van der Waals surface area contributed by atoms with Crippen LogP contribution in [-0.2, 0) is 62.1 Å². The normalized spacial score (nSPS) is 27.5. The summed E-state index contributed by atoms with van der Waals surface area (Å²) in [6, 6.07) is 12.2. The van der Waals surface area contributed by atoms with Crippen molar-refractivity contribution in [3.05, 3.63) is 95.6 Å². The average molecular weight is 1260 g/mol. The number of pyridine rings is 2. The Hall–Kier alpha value is -7.99. The lowest BCUT2D eigenvalue weighted by molar-refractivity contribution is -0.167. The van der Waals surface area contributed by atoms with Crippen LogP contribution < -0.4 is 32.1 Å². The fraction of sp³-hybridized carbons (Fsp3) is 0.544. The second-order valence-corrected chi connectivity index (χ2v) is 25.5. The highest BCUT2D eigenvalue weighted by Crippen LogP contribution is 2.30. The van der Waals surface area contributed by atoms with E-state index >= 15 is 0 Å². The molecule has 10 bridgehead atoms. The highest BCUT2D eigenvalue weighted by Gasteiger charge is 2.39. The number of allylic oxidation sites excluding steroid dienone is 2. The molecule has 2 aromatic heterocycles. The third kappa shape index (κ3) is 18.6. The van der Waals surface area contributed by atoms with Crippen molar-refractivity contribution < 1.29 is 62.1 Å². The topological polar surface area (TPSA) is 295 Å². The molecule has 0 unspecified atom stereocenters. The summed E-state index contributed by atoms with van der Waals surface area (Å²) in [5.74, 6) is -6.23. The molecule has 23 nitrogen and oxygen atoms in total. The zero-order valence-corrected chi connectivity index (χ0v) is 54.0. The molecule has 5 aliphatic heterocycles. The van der Waals surface area contributed by atoms with Gasteiger partial charge in [0.1, 0.15) is 30.0 Å². The van der Waals surface area contributed by atoms with Gasteiger partial charge < -0.3 is 45.0 Å². The molecule has 3 saturated heterocycles. The number of hydrazine groups is 2. The number of ether oxygens (including phenoxy) is 4. The standard InChI is InChI=1S/C35H47N5O7.C33H43N5O6/c1-21(2)30-32(42)38-23(4)33(43)40-15-7-10-29(39-40)31(41)37-22(3)25-11-12-26-20-36-28(19-27(26)18-25)9-6-8-24(34(44)47-30)13-14-35(5)45-16-17-46-35;1-19(2)29-31(41)36-22(5)32(42)38-15-7-10-28(37-38)30(40)35-21(4)24-13-14-25-18-34-27(17-26(25)16-24)9-6-8-23(33(43)44-29)12-11-20(3)39/h6,9,11-12,18-24,29-30,39H,7-8,10,13-17H2,1-5H3,(H,37,41)(H,38,42);6,9,13-14,16-19,21-23,28-29,37H,7-8,10-12,15H2,1-5H3,(H,35,40)(H,36,41)/b2*9-6+/t22-,23+,24+,29+,30+;21-,22+,23+,28+,29+/m11/s1. The molecule has 0 saturated carbocycles. The Morgan fingerprint density at radius 1 is 0.571 bits per heavy atom. The molecule has 10 atom stereocenters. The Kier molecular flexibility index (Phi) is 23.7. The number of nitrogens with zero attached hydrogens (tertiary/aromatic N) is 4. The van der Waals surface area contributed by atoms with Gasteiger partial charge in [-0.2, -0.15) is 0 Å². The van der Waals surface area contributed by atoms with Gasteiger partial charge in [0, 0.05) is 49.1 Å². The maximum atomic E-state index is 13.7. The minimum absolute atomic E-state index is 0.0450. The number of carbonyl (C=O) groups excluding carboxylic acids is 9. The van der Waals surface area contributed by atoms with Gasteiger partial charge >= 0.3 is 11.9 Å². The first-order valence-electron chi connectivity index (χ1n) is 32.0. The summed E-state index contributed by atoms with van der Waals surface area (Å²) < 4.78 is 23.1. The van der Waals surface area contributed by atoms with Crippen molar-refractivity contribution >= 4 is 86.9 Å². The van der Waals surface area contributed by atoms with E-state index in [0.29, 0.717) is 76.9 Å². The number of ketones is 1. The second-order valence-electron chi connectivity index (χ2n) is 25.5. The Bertz CT molecular complexity index is 3380. The van der Waals surface area contributed by atoms with Crippen LogP contribution >= 0.6 is 0 Å². The van der Waals surface area contributed by atoms with E-state index in [9.17, 15) is 43.2 Å². The molecule has 0 spiro atoms. The minimum atomic E-state index is -1.13. The van der Waals surface area contributed by atoms with Crippen molar-refractivity contribution in [1.82, 2.24) is 52.1 Å². The highest BCUT2D eigenvalue weighted by atomic mass is 16.7. The Morgan fingerprint density at radius 3 is 1.41 bits per heavy atom. The third-order valence-corrected chi connectivity index (χ3v) is 17.2. The van der Waals surface area contributed by atoms with Gasteiger partial charge in [-0.05, 0) is 163 Å². The van der Waals surface area contributed by atoms with Gasteiger partial charge in [0.2, 0.25) is 11.8 Å². The number of carbonyl (C=O) groups is 9. The van der Waals surface area contributed by atoms with Crippen molar-refractivity contribution in [3.63, 3.8) is 0 Å². The summed E-state index contributed by atoms with van der Waals surface area (Å²) in [4.78, 5) is 128. The van der Waals surface area contributed by atoms with E-state index in [4.69, 9.17) is 18.9 Å². The predicted octanol–water partition coefficient (Wildman–Crippen LogP) is 6.94. The number of fused-ring (bicyclic) bond motifs is 8. The number of aromatic nitrogens is 2. The lowest BCUT2D eigenvalue weighted by atomic mass is 9.95. The van der Waals surface area contributed by atoms with Gasteiger partial charge in [-0.3, -0.25) is 58.3 Å². The summed E-state index contributed by atoms with van der Waals surface area (Å²) in [7, 11) is 0. The van der Waals surface area contributed by atoms with Gasteiger partial charge in [0.05, 0.1) is 48.5 Å². The molecule has 4 aromatic rings. The maximum absolute atomic E-state index is 13.7. The number of hydrogen-bond donors (Lipinski definition) is 6. The number of esters is 2. The largest absolute Gasteiger partial charge is 0.452 e. The maximum Gasteiger partial charge on any atom is 0.310 e. The zero-order chi connectivity index (χ0) is 65.7. The van der Waals surface area contributed by atoms with Gasteiger partial charge in [-0.15, -0.1) is 0 Å². The van der Waals surface area contributed by atoms with E-state index < -0.39 is 83.7 Å². The number of nitrogens with one attached hydrogen (secondary N) is 6. The summed E-state index contributed by atoms with van der Waals surface area (Å²) in [6.45, 7) is 19.2. The molecule has 0 radical (unpaired) electrons. The van der Waals surface area contributed by atoms with Crippen LogP contribution in [0.5, 0.6) is 0 Å². The molecular weight excluding hydrogens is 1160 g/mol. The molecule has 2 aromatic carbocycles. The minimum Gasteiger partial charge on any atom is -0.452 e. The van der Waals surface area contributed by atoms with Crippen molar-refractivity contribution in [1.29, 1.82) is 0 Å². The first kappa shape index (κ1) is 68.9. The van der Waals surface area contributed by atoms with Crippen LogP contribution in [0.3, 0.4) is 0 Å². The van der Waals surface area contributed by atoms with Crippen molar-refractivity contribution in [2.75, 3.05) is 26.3 Å². The lowest BCUT2D eigenvalue weighted by Crippen LogP contribution is -2.61. The van der Waals surface area contributed by atoms with Gasteiger partial charge in [0.15, 0.2) is 18.0 Å². The Balaban J connectivity index is 0.000000235. The monoisotopic (exact) mass is 1250 g/mol. The molecule has 3 fully saturated rings. The van der Waals surface area contributed by atoms with Crippen LogP contribution in [0.1, 0.15) is 168 Å². The summed E-state index contributed by atoms with van der Waals surface area (Å²) >= 11 is 0. The van der Waals surface area contributed by atoms with Crippen molar-refractivity contribution in [3.8, 4) is 0 Å². The summed E-state index contributed by atoms with van der Waals surface area (Å²) in [5, 5.41) is 18.1. The number of amides is 6. The van der Waals surface area contributed by atoms with Gasteiger partial charge in [-0.25, -0.2) is 10.9 Å². The molecule has 9 rings (SSSR count). The van der Waals surface area contributed by atoms with Crippen LogP contribution in [0.4, 0.5) is 0 Å². The van der Waals surface area contributed by atoms with Crippen LogP contribution in [0.15, 0.2) is 73.1 Å². The molecule has 0 aliphatic carbocycles. The molecular formula is C68H90N10O13. The van der Waals surface area contributed by atoms with Crippen molar-refractivity contribution in [2.24, 2.45) is 23.7 Å². The summed E-state index contributed by atoms with van der Waals surface area (Å²) in [5.41, 5.74) is 9.35. The molecule has 91 heavy (non-hydrogen) atoms. The van der Waals surface area contributed by atoms with Crippen LogP contribution in [-0.4, -0.2) is 142 Å². The highest BCUT2D eigenvalue weighted by molar-refractivity contribution is 5.93. The molecule has 23 heteroatoms. The fourth-order valence-corrected chi connectivity index (χ4v) is 11.6. The van der Waals surface area contributed by atoms with E-state index in [-0.39, 0.29) is 66.7 Å². The average Bonchev–Trinajstić information content (AvgIpc) is 1.62. The van der Waals surface area contributed by atoms with Gasteiger partial charge in [-0.1, -0.05) is 64.1 Å². The number of benzene rings is 2. The van der Waals surface area contributed by atoms with E-state index in [1.165, 1.54) is 16.9 Å². The predicted molar refractivity (Wildman–Crippen MR) is 341 cm³/mol. The number of rotatable bonds is 8. The third-order valence-electron chi connectivity index (χ3n) is 17.2. The Morgan fingerprint density at radius 2 is 0.989 bits per heavy atom. The van der Waals surface area contributed by atoms with E-state index in [1.54, 1.807) is 53.9 Å². The van der Waals surface area contributed by atoms with E-state index in [0.717, 1.165) is 38.4 Å².